The fourth-order valence-corrected chi connectivity index (χ4v) is 5.39. The number of nitrogens with one attached hydrogen (secondary N) is 1. The molecular weight excluding hydrogens is 476 g/mol. The molecule has 1 unspecified atom stereocenters. The number of ether oxygens (including phenoxy) is 2. The molecule has 0 radical (unpaired) electrons. The van der Waals surface area contributed by atoms with Crippen molar-refractivity contribution in [1.82, 2.24) is 15.1 Å². The third-order valence-electron chi connectivity index (χ3n) is 7.16. The topological polar surface area (TPSA) is 77.4 Å². The fourth-order valence-electron chi connectivity index (χ4n) is 5.39. The molecule has 4 aromatic rings. The molecule has 2 aliphatic heterocycles. The van der Waals surface area contributed by atoms with Crippen LogP contribution in [0, 0.1) is 23.0 Å². The SMILES string of the molecule is COCc1cc(F)c(-c2cc3c(-c4ccc5c(c4)OCC4CN(C)CCN54)n[nH]c3cc2C#N)c(F)c1. The van der Waals surface area contributed by atoms with Crippen LogP contribution in [0.3, 0.4) is 0 Å². The molecule has 1 saturated heterocycles. The second-order valence-corrected chi connectivity index (χ2v) is 9.60. The van der Waals surface area contributed by atoms with Crippen LogP contribution in [-0.2, 0) is 11.3 Å². The van der Waals surface area contributed by atoms with Gasteiger partial charge in [0.1, 0.15) is 29.7 Å². The first-order valence-electron chi connectivity index (χ1n) is 12.1. The Hall–Kier alpha value is -4.00. The minimum Gasteiger partial charge on any atom is -0.489 e. The molecule has 1 atom stereocenters. The van der Waals surface area contributed by atoms with E-state index >= 15 is 8.78 Å². The summed E-state index contributed by atoms with van der Waals surface area (Å²) in [4.78, 5) is 4.70. The smallest absolute Gasteiger partial charge is 0.143 e. The lowest BCUT2D eigenvalue weighted by atomic mass is 9.95. The summed E-state index contributed by atoms with van der Waals surface area (Å²) >= 11 is 0. The summed E-state index contributed by atoms with van der Waals surface area (Å²) in [5, 5.41) is 17.9. The second kappa shape index (κ2) is 9.14. The molecule has 7 nitrogen and oxygen atoms in total. The number of piperazine rings is 1. The quantitative estimate of drug-likeness (QED) is 0.437. The third-order valence-corrected chi connectivity index (χ3v) is 7.16. The molecule has 0 aliphatic carbocycles. The van der Waals surface area contributed by atoms with Gasteiger partial charge in [-0.2, -0.15) is 10.4 Å². The summed E-state index contributed by atoms with van der Waals surface area (Å²) < 4.78 is 41.3. The Balaban J connectivity index is 1.44. The standard InChI is InChI=1S/C28H25F2N5O2/c1-34-5-6-35-19(13-34)15-37-26-10-17(3-4-25(26)35)28-21-11-20(18(12-31)9-24(21)32-33-28)27-22(29)7-16(14-36-2)8-23(27)30/h3-4,7-11,19H,5-6,13-15H2,1-2H3,(H,32,33). The van der Waals surface area contributed by atoms with Gasteiger partial charge in [-0.15, -0.1) is 0 Å². The maximum absolute atomic E-state index is 15.1. The lowest BCUT2D eigenvalue weighted by molar-refractivity contribution is 0.184. The van der Waals surface area contributed by atoms with Crippen LogP contribution in [0.2, 0.25) is 0 Å². The van der Waals surface area contributed by atoms with Gasteiger partial charge in [0.25, 0.3) is 0 Å². The van der Waals surface area contributed by atoms with Gasteiger partial charge in [-0.3, -0.25) is 5.10 Å². The van der Waals surface area contributed by atoms with Gasteiger partial charge >= 0.3 is 0 Å². The molecule has 0 spiro atoms. The highest BCUT2D eigenvalue weighted by atomic mass is 19.1. The van der Waals surface area contributed by atoms with Crippen molar-refractivity contribution in [2.45, 2.75) is 12.6 Å². The first kappa shape index (κ1) is 23.4. The zero-order valence-corrected chi connectivity index (χ0v) is 20.5. The zero-order chi connectivity index (χ0) is 25.7. The van der Waals surface area contributed by atoms with Crippen LogP contribution in [-0.4, -0.2) is 61.5 Å². The third kappa shape index (κ3) is 3.99. The summed E-state index contributed by atoms with van der Waals surface area (Å²) in [5.74, 6) is -0.720. The molecule has 3 aromatic carbocycles. The number of anilines is 1. The van der Waals surface area contributed by atoms with Crippen molar-refractivity contribution in [1.29, 1.82) is 5.26 Å². The van der Waals surface area contributed by atoms with Crippen molar-refractivity contribution in [2.75, 3.05) is 45.3 Å². The number of aromatic nitrogens is 2. The molecule has 1 fully saturated rings. The summed E-state index contributed by atoms with van der Waals surface area (Å²) in [6.07, 6.45) is 0. The lowest BCUT2D eigenvalue weighted by Gasteiger charge is -2.44. The molecular formula is C28H25F2N5O2. The number of methoxy groups -OCH3 is 1. The minimum atomic E-state index is -0.753. The van der Waals surface area contributed by atoms with Gasteiger partial charge in [0.2, 0.25) is 0 Å². The maximum Gasteiger partial charge on any atom is 0.143 e. The zero-order valence-electron chi connectivity index (χ0n) is 20.5. The van der Waals surface area contributed by atoms with E-state index < -0.39 is 11.6 Å². The van der Waals surface area contributed by atoms with Crippen LogP contribution in [0.15, 0.2) is 42.5 Å². The number of rotatable bonds is 4. The largest absolute Gasteiger partial charge is 0.489 e. The van der Waals surface area contributed by atoms with E-state index in [9.17, 15) is 5.26 Å². The predicted octanol–water partition coefficient (Wildman–Crippen LogP) is 4.71. The van der Waals surface area contributed by atoms with Gasteiger partial charge < -0.3 is 19.3 Å². The summed E-state index contributed by atoms with van der Waals surface area (Å²) in [6.45, 7) is 3.57. The summed E-state index contributed by atoms with van der Waals surface area (Å²) in [6, 6.07) is 14.0. The van der Waals surface area contributed by atoms with E-state index in [1.807, 2.05) is 18.2 Å². The second-order valence-electron chi connectivity index (χ2n) is 9.60. The molecule has 1 aromatic heterocycles. The molecule has 2 aliphatic rings. The normalized spacial score (nSPS) is 17.3. The van der Waals surface area contributed by atoms with Crippen LogP contribution in [0.5, 0.6) is 5.75 Å². The van der Waals surface area contributed by atoms with Crippen LogP contribution >= 0.6 is 0 Å². The average molecular weight is 502 g/mol. The van der Waals surface area contributed by atoms with Crippen molar-refractivity contribution in [3.8, 4) is 34.2 Å². The molecule has 37 heavy (non-hydrogen) atoms. The number of aromatic amines is 1. The number of hydrogen-bond donors (Lipinski definition) is 1. The first-order chi connectivity index (χ1) is 18.0. The van der Waals surface area contributed by atoms with Crippen LogP contribution in [0.1, 0.15) is 11.1 Å². The molecule has 9 heteroatoms. The van der Waals surface area contributed by atoms with Crippen molar-refractivity contribution in [3.63, 3.8) is 0 Å². The van der Waals surface area contributed by atoms with E-state index in [-0.39, 0.29) is 23.3 Å². The van der Waals surface area contributed by atoms with E-state index in [0.717, 1.165) is 36.6 Å². The molecule has 0 bridgehead atoms. The Morgan fingerprint density at radius 1 is 1.16 bits per heavy atom. The molecule has 0 saturated carbocycles. The number of nitrogens with zero attached hydrogens (tertiary/aromatic N) is 4. The van der Waals surface area contributed by atoms with Gasteiger partial charge in [-0.25, -0.2) is 8.78 Å². The van der Waals surface area contributed by atoms with Crippen LogP contribution in [0.25, 0.3) is 33.3 Å². The van der Waals surface area contributed by atoms with Gasteiger partial charge in [-0.1, -0.05) is 6.07 Å². The van der Waals surface area contributed by atoms with E-state index in [0.29, 0.717) is 34.8 Å². The molecule has 0 amide bonds. The lowest BCUT2D eigenvalue weighted by Crippen LogP contribution is -2.56. The Kier molecular flexibility index (Phi) is 5.78. The number of H-pyrrole nitrogens is 1. The molecule has 188 valence electrons. The van der Waals surface area contributed by atoms with Crippen LogP contribution < -0.4 is 9.64 Å². The van der Waals surface area contributed by atoms with E-state index in [2.05, 4.69) is 33.1 Å². The average Bonchev–Trinajstić information content (AvgIpc) is 3.30. The fraction of sp³-hybridized carbons (Fsp3) is 0.286. The predicted molar refractivity (Wildman–Crippen MR) is 136 cm³/mol. The van der Waals surface area contributed by atoms with E-state index in [4.69, 9.17) is 9.47 Å². The highest BCUT2D eigenvalue weighted by Gasteiger charge is 2.32. The summed E-state index contributed by atoms with van der Waals surface area (Å²) in [5.41, 5.74) is 3.53. The number of fused-ring (bicyclic) bond motifs is 4. The van der Waals surface area contributed by atoms with Gasteiger partial charge in [0, 0.05) is 43.3 Å². The first-order valence-corrected chi connectivity index (χ1v) is 12.1. The Labute approximate surface area is 212 Å². The highest BCUT2D eigenvalue weighted by Crippen LogP contribution is 2.40. The van der Waals surface area contributed by atoms with Crippen molar-refractivity contribution in [3.05, 3.63) is 65.2 Å². The number of likely N-dealkylation sites (N-methyl/N-ethyl adjacent to an activating group) is 1. The monoisotopic (exact) mass is 501 g/mol. The maximum atomic E-state index is 15.1. The number of benzene rings is 3. The molecule has 6 rings (SSSR count). The number of nitriles is 1. The highest BCUT2D eigenvalue weighted by molar-refractivity contribution is 5.98. The van der Waals surface area contributed by atoms with E-state index in [1.54, 1.807) is 12.1 Å². The molecule has 3 heterocycles. The van der Waals surface area contributed by atoms with Crippen molar-refractivity contribution in [2.24, 2.45) is 0 Å². The van der Waals surface area contributed by atoms with Crippen LogP contribution in [0.4, 0.5) is 14.5 Å². The van der Waals surface area contributed by atoms with E-state index in [1.165, 1.54) is 19.2 Å². The van der Waals surface area contributed by atoms with Gasteiger partial charge in [0.05, 0.1) is 41.0 Å². The summed E-state index contributed by atoms with van der Waals surface area (Å²) in [7, 11) is 3.58. The Morgan fingerprint density at radius 3 is 2.73 bits per heavy atom. The van der Waals surface area contributed by atoms with Crippen molar-refractivity contribution >= 4 is 16.6 Å². The van der Waals surface area contributed by atoms with Crippen molar-refractivity contribution < 1.29 is 18.3 Å². The number of hydrogen-bond acceptors (Lipinski definition) is 6. The van der Waals surface area contributed by atoms with Gasteiger partial charge in [-0.05, 0) is 49.0 Å². The Morgan fingerprint density at radius 2 is 1.97 bits per heavy atom. The minimum absolute atomic E-state index is 0.0828. The molecule has 1 N–H and O–H groups in total. The van der Waals surface area contributed by atoms with Gasteiger partial charge in [0.15, 0.2) is 0 Å². The Bertz CT molecular complexity index is 1540. The number of halogens is 2.